The highest BCUT2D eigenvalue weighted by Crippen LogP contribution is 2.28. The predicted molar refractivity (Wildman–Crippen MR) is 70.4 cm³/mol. The summed E-state index contributed by atoms with van der Waals surface area (Å²) >= 11 is 0. The molecule has 5 nitrogen and oxygen atoms in total. The number of rotatable bonds is 3. The standard InChI is InChI=1S/C14H17NO4/c1-8(2)10-4-6-11(7-5-10)15-12(13(16)17)9(3)19-14(15)18/h4-9,12H,1-3H3,(H,16,17). The number of carboxylic acid groups (broad SMARTS) is 1. The average Bonchev–Trinajstić information content (AvgIpc) is 2.64. The van der Waals surface area contributed by atoms with Crippen molar-refractivity contribution in [3.05, 3.63) is 29.8 Å². The van der Waals surface area contributed by atoms with Gasteiger partial charge in [0.05, 0.1) is 0 Å². The van der Waals surface area contributed by atoms with Gasteiger partial charge in [0.15, 0.2) is 6.04 Å². The first-order chi connectivity index (χ1) is 8.91. The van der Waals surface area contributed by atoms with E-state index in [0.29, 0.717) is 11.6 Å². The minimum Gasteiger partial charge on any atom is -0.480 e. The van der Waals surface area contributed by atoms with Gasteiger partial charge < -0.3 is 9.84 Å². The Morgan fingerprint density at radius 3 is 2.37 bits per heavy atom. The van der Waals surface area contributed by atoms with Gasteiger partial charge in [-0.25, -0.2) is 9.59 Å². The van der Waals surface area contributed by atoms with Crippen molar-refractivity contribution in [2.75, 3.05) is 4.90 Å². The van der Waals surface area contributed by atoms with Gasteiger partial charge >= 0.3 is 12.1 Å². The van der Waals surface area contributed by atoms with Gasteiger partial charge in [-0.05, 0) is 30.5 Å². The van der Waals surface area contributed by atoms with E-state index in [9.17, 15) is 14.7 Å². The normalized spacial score (nSPS) is 22.7. The van der Waals surface area contributed by atoms with E-state index in [1.54, 1.807) is 19.1 Å². The number of ether oxygens (including phenoxy) is 1. The van der Waals surface area contributed by atoms with E-state index in [1.165, 1.54) is 4.90 Å². The number of hydrogen-bond acceptors (Lipinski definition) is 3. The van der Waals surface area contributed by atoms with E-state index >= 15 is 0 Å². The fraction of sp³-hybridized carbons (Fsp3) is 0.429. The Morgan fingerprint density at radius 2 is 1.89 bits per heavy atom. The van der Waals surface area contributed by atoms with Gasteiger partial charge in [-0.3, -0.25) is 4.90 Å². The summed E-state index contributed by atoms with van der Waals surface area (Å²) in [5.41, 5.74) is 1.68. The Kier molecular flexibility index (Phi) is 3.46. The van der Waals surface area contributed by atoms with Crippen LogP contribution in [0.1, 0.15) is 32.3 Å². The van der Waals surface area contributed by atoms with Crippen molar-refractivity contribution in [2.24, 2.45) is 0 Å². The number of anilines is 1. The van der Waals surface area contributed by atoms with Crippen molar-refractivity contribution in [1.29, 1.82) is 0 Å². The van der Waals surface area contributed by atoms with Crippen LogP contribution in [-0.4, -0.2) is 29.3 Å². The van der Waals surface area contributed by atoms with Crippen LogP contribution >= 0.6 is 0 Å². The zero-order valence-electron chi connectivity index (χ0n) is 11.2. The number of hydrogen-bond donors (Lipinski definition) is 1. The Hall–Kier alpha value is -2.04. The number of benzene rings is 1. The number of carbonyl (C=O) groups excluding carboxylic acids is 1. The topological polar surface area (TPSA) is 66.8 Å². The maximum absolute atomic E-state index is 11.8. The number of carbonyl (C=O) groups is 2. The monoisotopic (exact) mass is 263 g/mol. The lowest BCUT2D eigenvalue weighted by molar-refractivity contribution is -0.139. The maximum Gasteiger partial charge on any atom is 0.415 e. The summed E-state index contributed by atoms with van der Waals surface area (Å²) in [4.78, 5) is 24.2. The highest BCUT2D eigenvalue weighted by atomic mass is 16.6. The molecule has 1 aromatic carbocycles. The van der Waals surface area contributed by atoms with E-state index in [4.69, 9.17) is 4.74 Å². The molecule has 1 aliphatic heterocycles. The molecule has 19 heavy (non-hydrogen) atoms. The first-order valence-electron chi connectivity index (χ1n) is 6.24. The van der Waals surface area contributed by atoms with Crippen LogP contribution in [0.3, 0.4) is 0 Å². The summed E-state index contributed by atoms with van der Waals surface area (Å²) < 4.78 is 4.99. The zero-order valence-corrected chi connectivity index (χ0v) is 11.2. The molecule has 1 heterocycles. The Balaban J connectivity index is 2.33. The first kappa shape index (κ1) is 13.4. The number of aliphatic carboxylic acids is 1. The molecule has 1 N–H and O–H groups in total. The smallest absolute Gasteiger partial charge is 0.415 e. The number of amides is 1. The SMILES string of the molecule is CC(C)c1ccc(N2C(=O)OC(C)C2C(=O)O)cc1. The minimum absolute atomic E-state index is 0.383. The third-order valence-corrected chi connectivity index (χ3v) is 3.30. The van der Waals surface area contributed by atoms with Crippen LogP contribution in [0.5, 0.6) is 0 Å². The molecule has 0 bridgehead atoms. The molecule has 2 atom stereocenters. The molecule has 2 unspecified atom stereocenters. The molecule has 0 radical (unpaired) electrons. The van der Waals surface area contributed by atoms with Crippen molar-refractivity contribution < 1.29 is 19.4 Å². The average molecular weight is 263 g/mol. The maximum atomic E-state index is 11.8. The van der Waals surface area contributed by atoms with E-state index in [2.05, 4.69) is 13.8 Å². The second-order valence-electron chi connectivity index (χ2n) is 4.99. The molecule has 0 spiro atoms. The second-order valence-corrected chi connectivity index (χ2v) is 4.99. The molecule has 0 aromatic heterocycles. The highest BCUT2D eigenvalue weighted by Gasteiger charge is 2.44. The first-order valence-corrected chi connectivity index (χ1v) is 6.24. The lowest BCUT2D eigenvalue weighted by atomic mass is 10.0. The predicted octanol–water partition coefficient (Wildman–Crippen LogP) is 2.61. The molecule has 0 saturated carbocycles. The van der Waals surface area contributed by atoms with Crippen LogP contribution < -0.4 is 4.90 Å². The van der Waals surface area contributed by atoms with Crippen LogP contribution in [0.2, 0.25) is 0 Å². The van der Waals surface area contributed by atoms with Gasteiger partial charge in [0.2, 0.25) is 0 Å². The fourth-order valence-corrected chi connectivity index (χ4v) is 2.20. The summed E-state index contributed by atoms with van der Waals surface area (Å²) in [5, 5.41) is 9.20. The third-order valence-electron chi connectivity index (χ3n) is 3.30. The number of carboxylic acids is 1. The highest BCUT2D eigenvalue weighted by molar-refractivity contribution is 5.98. The Labute approximate surface area is 111 Å². The summed E-state index contributed by atoms with van der Waals surface area (Å²) in [7, 11) is 0. The summed E-state index contributed by atoms with van der Waals surface area (Å²) in [6.45, 7) is 5.72. The van der Waals surface area contributed by atoms with E-state index in [0.717, 1.165) is 5.56 Å². The van der Waals surface area contributed by atoms with Crippen LogP contribution in [0, 0.1) is 0 Å². The Bertz CT molecular complexity index is 495. The lowest BCUT2D eigenvalue weighted by Crippen LogP contribution is -2.42. The molecular formula is C14H17NO4. The zero-order chi connectivity index (χ0) is 14.2. The molecule has 1 aliphatic rings. The van der Waals surface area contributed by atoms with Crippen LogP contribution in [0.25, 0.3) is 0 Å². The van der Waals surface area contributed by atoms with E-state index < -0.39 is 24.2 Å². The lowest BCUT2D eigenvalue weighted by Gasteiger charge is -2.20. The molecule has 1 amide bonds. The van der Waals surface area contributed by atoms with Gasteiger partial charge in [0, 0.05) is 5.69 Å². The summed E-state index contributed by atoms with van der Waals surface area (Å²) in [6.07, 6.45) is -1.27. The summed E-state index contributed by atoms with van der Waals surface area (Å²) in [6, 6.07) is 6.33. The molecule has 0 aliphatic carbocycles. The number of nitrogens with zero attached hydrogens (tertiary/aromatic N) is 1. The fourth-order valence-electron chi connectivity index (χ4n) is 2.20. The van der Waals surface area contributed by atoms with Crippen molar-refractivity contribution in [3.8, 4) is 0 Å². The molecule has 102 valence electrons. The van der Waals surface area contributed by atoms with Gasteiger partial charge in [-0.2, -0.15) is 0 Å². The summed E-state index contributed by atoms with van der Waals surface area (Å²) in [5.74, 6) is -0.680. The molecule has 1 saturated heterocycles. The Morgan fingerprint density at radius 1 is 1.32 bits per heavy atom. The molecule has 2 rings (SSSR count). The van der Waals surface area contributed by atoms with Crippen molar-refractivity contribution in [2.45, 2.75) is 38.8 Å². The largest absolute Gasteiger partial charge is 0.480 e. The van der Waals surface area contributed by atoms with Crippen molar-refractivity contribution in [1.82, 2.24) is 0 Å². The van der Waals surface area contributed by atoms with Crippen molar-refractivity contribution in [3.63, 3.8) is 0 Å². The van der Waals surface area contributed by atoms with Crippen LogP contribution in [0.4, 0.5) is 10.5 Å². The molecular weight excluding hydrogens is 246 g/mol. The third kappa shape index (κ3) is 2.41. The van der Waals surface area contributed by atoms with Gasteiger partial charge in [0.25, 0.3) is 0 Å². The molecule has 5 heteroatoms. The van der Waals surface area contributed by atoms with Crippen LogP contribution in [-0.2, 0) is 9.53 Å². The van der Waals surface area contributed by atoms with Gasteiger partial charge in [-0.15, -0.1) is 0 Å². The van der Waals surface area contributed by atoms with E-state index in [1.807, 2.05) is 12.1 Å². The molecule has 1 fully saturated rings. The van der Waals surface area contributed by atoms with E-state index in [-0.39, 0.29) is 0 Å². The van der Waals surface area contributed by atoms with Gasteiger partial charge in [-0.1, -0.05) is 26.0 Å². The minimum atomic E-state index is -1.06. The molecule has 1 aromatic rings. The quantitative estimate of drug-likeness (QED) is 0.910. The van der Waals surface area contributed by atoms with Gasteiger partial charge in [0.1, 0.15) is 6.10 Å². The van der Waals surface area contributed by atoms with Crippen molar-refractivity contribution >= 4 is 17.7 Å². The second kappa shape index (κ2) is 4.91. The van der Waals surface area contributed by atoms with Crippen LogP contribution in [0.15, 0.2) is 24.3 Å². The number of cyclic esters (lactones) is 1.